The number of rotatable bonds is 2. The van der Waals surface area contributed by atoms with E-state index in [-0.39, 0.29) is 12.6 Å². The quantitative estimate of drug-likeness (QED) is 0.678. The molecule has 5 nitrogen and oxygen atoms in total. The fraction of sp³-hybridized carbons (Fsp3) is 0.400. The maximum absolute atomic E-state index is 10.6. The predicted octanol–water partition coefficient (Wildman–Crippen LogP) is 0.916. The fourth-order valence-electron chi connectivity index (χ4n) is 1.23. The van der Waals surface area contributed by atoms with E-state index in [1.807, 2.05) is 0 Å². The minimum Gasteiger partial charge on any atom is -0.484 e. The summed E-state index contributed by atoms with van der Waals surface area (Å²) in [5.74, 6) is 0.769. The molecule has 0 saturated heterocycles. The number of carbonyl (C=O) groups excluding carboxylic acids is 1. The highest BCUT2D eigenvalue weighted by Crippen LogP contribution is 2.27. The number of ether oxygens (including phenoxy) is 3. The van der Waals surface area contributed by atoms with Crippen LogP contribution in [0.15, 0.2) is 12.1 Å². The van der Waals surface area contributed by atoms with Crippen molar-refractivity contribution in [3.63, 3.8) is 0 Å². The summed E-state index contributed by atoms with van der Waals surface area (Å²) in [5.41, 5.74) is 0.648. The molecule has 80 valence electrons. The molecule has 0 amide bonds. The highest BCUT2D eigenvalue weighted by Gasteiger charge is 2.13. The van der Waals surface area contributed by atoms with Crippen molar-refractivity contribution in [2.75, 3.05) is 13.2 Å². The van der Waals surface area contributed by atoms with Crippen LogP contribution in [0, 0.1) is 0 Å². The van der Waals surface area contributed by atoms with Gasteiger partial charge in [0.05, 0.1) is 5.69 Å². The Balaban J connectivity index is 2.10. The number of carbonyl (C=O) groups is 1. The Morgan fingerprint density at radius 2 is 2.27 bits per heavy atom. The van der Waals surface area contributed by atoms with Crippen LogP contribution in [-0.4, -0.2) is 24.2 Å². The summed E-state index contributed by atoms with van der Waals surface area (Å²) in [7, 11) is 0. The van der Waals surface area contributed by atoms with Crippen molar-refractivity contribution in [2.24, 2.45) is 0 Å². The van der Waals surface area contributed by atoms with Gasteiger partial charge in [-0.25, -0.2) is 4.98 Å². The standard InChI is InChI=1S/C10H11NO4/c1-7(12)15-6-8-2-3-9-10(11-8)14-5-4-13-9/h2-3H,4-6H2,1H3. The molecule has 0 bridgehead atoms. The molecule has 0 unspecified atom stereocenters. The summed E-state index contributed by atoms with van der Waals surface area (Å²) < 4.78 is 15.4. The smallest absolute Gasteiger partial charge is 0.303 e. The Morgan fingerprint density at radius 3 is 3.07 bits per heavy atom. The van der Waals surface area contributed by atoms with Gasteiger partial charge in [-0.3, -0.25) is 4.79 Å². The average molecular weight is 209 g/mol. The molecular weight excluding hydrogens is 198 g/mol. The highest BCUT2D eigenvalue weighted by molar-refractivity contribution is 5.65. The number of fused-ring (bicyclic) bond motifs is 1. The van der Waals surface area contributed by atoms with E-state index in [0.717, 1.165) is 0 Å². The number of hydrogen-bond acceptors (Lipinski definition) is 5. The molecule has 1 aliphatic heterocycles. The van der Waals surface area contributed by atoms with Crippen molar-refractivity contribution in [1.29, 1.82) is 0 Å². The van der Waals surface area contributed by atoms with Crippen LogP contribution in [0.1, 0.15) is 12.6 Å². The predicted molar refractivity (Wildman–Crippen MR) is 50.7 cm³/mol. The third-order valence-corrected chi connectivity index (χ3v) is 1.89. The van der Waals surface area contributed by atoms with Gasteiger partial charge in [-0.1, -0.05) is 0 Å². The van der Waals surface area contributed by atoms with Gasteiger partial charge >= 0.3 is 5.97 Å². The molecule has 0 atom stereocenters. The Morgan fingerprint density at radius 1 is 1.47 bits per heavy atom. The van der Waals surface area contributed by atoms with E-state index >= 15 is 0 Å². The summed E-state index contributed by atoms with van der Waals surface area (Å²) in [6.45, 7) is 2.55. The summed E-state index contributed by atoms with van der Waals surface area (Å²) >= 11 is 0. The van der Waals surface area contributed by atoms with Crippen LogP contribution in [0.4, 0.5) is 0 Å². The van der Waals surface area contributed by atoms with E-state index in [9.17, 15) is 4.79 Å². The second kappa shape index (κ2) is 4.16. The molecule has 0 N–H and O–H groups in total. The Bertz CT molecular complexity index is 378. The number of nitrogens with zero attached hydrogens (tertiary/aromatic N) is 1. The van der Waals surface area contributed by atoms with Gasteiger partial charge in [0.1, 0.15) is 19.8 Å². The van der Waals surface area contributed by atoms with E-state index in [0.29, 0.717) is 30.5 Å². The zero-order valence-electron chi connectivity index (χ0n) is 8.36. The zero-order chi connectivity index (χ0) is 10.7. The third-order valence-electron chi connectivity index (χ3n) is 1.89. The van der Waals surface area contributed by atoms with Crippen molar-refractivity contribution in [3.05, 3.63) is 17.8 Å². The van der Waals surface area contributed by atoms with Crippen LogP contribution < -0.4 is 9.47 Å². The van der Waals surface area contributed by atoms with Crippen LogP contribution in [-0.2, 0) is 16.1 Å². The second-order valence-electron chi connectivity index (χ2n) is 3.08. The molecule has 0 saturated carbocycles. The number of hydrogen-bond donors (Lipinski definition) is 0. The first-order valence-electron chi connectivity index (χ1n) is 4.64. The molecule has 0 aliphatic carbocycles. The van der Waals surface area contributed by atoms with Crippen molar-refractivity contribution in [1.82, 2.24) is 4.98 Å². The van der Waals surface area contributed by atoms with Crippen LogP contribution >= 0.6 is 0 Å². The normalized spacial score (nSPS) is 13.4. The fourth-order valence-corrected chi connectivity index (χ4v) is 1.23. The van der Waals surface area contributed by atoms with Gasteiger partial charge in [-0.2, -0.15) is 0 Å². The second-order valence-corrected chi connectivity index (χ2v) is 3.08. The van der Waals surface area contributed by atoms with E-state index in [1.54, 1.807) is 12.1 Å². The van der Waals surface area contributed by atoms with Gasteiger partial charge < -0.3 is 14.2 Å². The molecule has 5 heteroatoms. The molecule has 0 radical (unpaired) electrons. The summed E-state index contributed by atoms with van der Waals surface area (Å²) in [6.07, 6.45) is 0. The summed E-state index contributed by atoms with van der Waals surface area (Å²) in [6, 6.07) is 3.51. The van der Waals surface area contributed by atoms with Crippen molar-refractivity contribution >= 4 is 5.97 Å². The molecule has 15 heavy (non-hydrogen) atoms. The number of aromatic nitrogens is 1. The van der Waals surface area contributed by atoms with E-state index < -0.39 is 0 Å². The molecule has 1 aliphatic rings. The molecule has 0 spiro atoms. The first-order valence-corrected chi connectivity index (χ1v) is 4.64. The van der Waals surface area contributed by atoms with E-state index in [4.69, 9.17) is 14.2 Å². The minimum atomic E-state index is -0.327. The topological polar surface area (TPSA) is 57.7 Å². The number of esters is 1. The van der Waals surface area contributed by atoms with Crippen LogP contribution in [0.25, 0.3) is 0 Å². The Hall–Kier alpha value is -1.78. The number of pyridine rings is 1. The maximum atomic E-state index is 10.6. The van der Waals surface area contributed by atoms with Crippen molar-refractivity contribution in [2.45, 2.75) is 13.5 Å². The van der Waals surface area contributed by atoms with Crippen LogP contribution in [0.2, 0.25) is 0 Å². The van der Waals surface area contributed by atoms with Gasteiger partial charge in [-0.05, 0) is 12.1 Å². The lowest BCUT2D eigenvalue weighted by molar-refractivity contribution is -0.142. The largest absolute Gasteiger partial charge is 0.484 e. The molecule has 1 aromatic rings. The highest BCUT2D eigenvalue weighted by atomic mass is 16.6. The SMILES string of the molecule is CC(=O)OCc1ccc2c(n1)OCCO2. The van der Waals surface area contributed by atoms with Gasteiger partial charge in [-0.15, -0.1) is 0 Å². The molecule has 2 rings (SSSR count). The average Bonchev–Trinajstić information content (AvgIpc) is 2.26. The molecule has 0 aromatic carbocycles. The first-order chi connectivity index (χ1) is 7.25. The van der Waals surface area contributed by atoms with Gasteiger partial charge in [0, 0.05) is 6.92 Å². The van der Waals surface area contributed by atoms with Gasteiger partial charge in [0.15, 0.2) is 5.75 Å². The van der Waals surface area contributed by atoms with Crippen LogP contribution in [0.3, 0.4) is 0 Å². The maximum Gasteiger partial charge on any atom is 0.303 e. The summed E-state index contributed by atoms with van der Waals surface area (Å²) in [4.78, 5) is 14.8. The monoisotopic (exact) mass is 209 g/mol. The molecule has 1 aromatic heterocycles. The lowest BCUT2D eigenvalue weighted by Gasteiger charge is -2.17. The molecule has 0 fully saturated rings. The third kappa shape index (κ3) is 2.37. The minimum absolute atomic E-state index is 0.159. The van der Waals surface area contributed by atoms with Crippen LogP contribution in [0.5, 0.6) is 11.6 Å². The Kier molecular flexibility index (Phi) is 2.71. The lowest BCUT2D eigenvalue weighted by atomic mass is 10.3. The van der Waals surface area contributed by atoms with Gasteiger partial charge in [0.25, 0.3) is 5.88 Å². The Labute approximate surface area is 87.0 Å². The van der Waals surface area contributed by atoms with Gasteiger partial charge in [0.2, 0.25) is 0 Å². The van der Waals surface area contributed by atoms with E-state index in [2.05, 4.69) is 4.98 Å². The van der Waals surface area contributed by atoms with E-state index in [1.165, 1.54) is 6.92 Å². The molecule has 2 heterocycles. The zero-order valence-corrected chi connectivity index (χ0v) is 8.36. The lowest BCUT2D eigenvalue weighted by Crippen LogP contribution is -2.16. The van der Waals surface area contributed by atoms with Crippen molar-refractivity contribution < 1.29 is 19.0 Å². The summed E-state index contributed by atoms with van der Waals surface area (Å²) in [5, 5.41) is 0. The molecular formula is C10H11NO4. The first kappa shape index (κ1) is 9.76. The van der Waals surface area contributed by atoms with Crippen molar-refractivity contribution in [3.8, 4) is 11.6 Å².